The van der Waals surface area contributed by atoms with Crippen molar-refractivity contribution in [1.82, 2.24) is 9.78 Å². The predicted molar refractivity (Wildman–Crippen MR) is 80.6 cm³/mol. The van der Waals surface area contributed by atoms with Crippen LogP contribution in [-0.4, -0.2) is 27.5 Å². The van der Waals surface area contributed by atoms with Crippen LogP contribution >= 0.6 is 0 Å². The first-order valence-electron chi connectivity index (χ1n) is 7.34. The molecule has 114 valence electrons. The highest BCUT2D eigenvalue weighted by Gasteiger charge is 2.29. The zero-order chi connectivity index (χ0) is 15.3. The number of oxime groups is 1. The zero-order valence-corrected chi connectivity index (χ0v) is 12.5. The quantitative estimate of drug-likeness (QED) is 0.649. The Bertz CT molecular complexity index is 779. The number of aryl methyl sites for hydroxylation is 1. The lowest BCUT2D eigenvalue weighted by atomic mass is 9.85. The van der Waals surface area contributed by atoms with Crippen LogP contribution < -0.4 is 9.47 Å². The Hall–Kier alpha value is -2.50. The van der Waals surface area contributed by atoms with E-state index < -0.39 is 0 Å². The highest BCUT2D eigenvalue weighted by molar-refractivity contribution is 6.07. The van der Waals surface area contributed by atoms with Crippen LogP contribution in [-0.2, 0) is 13.5 Å². The van der Waals surface area contributed by atoms with Gasteiger partial charge in [-0.2, -0.15) is 5.10 Å². The van der Waals surface area contributed by atoms with Gasteiger partial charge in [0, 0.05) is 23.9 Å². The van der Waals surface area contributed by atoms with Crippen LogP contribution in [0, 0.1) is 5.92 Å². The first-order valence-corrected chi connectivity index (χ1v) is 7.34. The molecule has 1 aromatic carbocycles. The second-order valence-electron chi connectivity index (χ2n) is 5.92. The molecule has 1 aromatic heterocycles. The second-order valence-corrected chi connectivity index (χ2v) is 5.92. The molecular formula is C16H17N3O3. The molecule has 2 aliphatic rings. The summed E-state index contributed by atoms with van der Waals surface area (Å²) in [6, 6.07) is 5.78. The van der Waals surface area contributed by atoms with E-state index in [1.807, 2.05) is 29.9 Å². The van der Waals surface area contributed by atoms with Gasteiger partial charge in [-0.3, -0.25) is 4.68 Å². The van der Waals surface area contributed by atoms with Crippen molar-refractivity contribution < 1.29 is 14.7 Å². The van der Waals surface area contributed by atoms with Gasteiger partial charge in [0.1, 0.15) is 5.69 Å². The third-order valence-electron chi connectivity index (χ3n) is 4.30. The van der Waals surface area contributed by atoms with Crippen molar-refractivity contribution in [3.63, 3.8) is 0 Å². The molecule has 0 unspecified atom stereocenters. The molecule has 22 heavy (non-hydrogen) atoms. The predicted octanol–water partition coefficient (Wildman–Crippen LogP) is 2.58. The average molecular weight is 299 g/mol. The van der Waals surface area contributed by atoms with Crippen LogP contribution in [0.5, 0.6) is 11.5 Å². The van der Waals surface area contributed by atoms with Crippen LogP contribution in [0.3, 0.4) is 0 Å². The highest BCUT2D eigenvalue weighted by Crippen LogP contribution is 2.38. The lowest BCUT2D eigenvalue weighted by Gasteiger charge is -2.20. The Balaban J connectivity index is 1.89. The minimum absolute atomic E-state index is 0.250. The second kappa shape index (κ2) is 4.76. The molecule has 0 bridgehead atoms. The molecule has 1 aliphatic carbocycles. The molecule has 1 N–H and O–H groups in total. The SMILES string of the molecule is C[C@H]1C/C(=N\O)c2c(-c3ccc4c(c3)OCO4)nn(C)c2C1. The van der Waals surface area contributed by atoms with Gasteiger partial charge in [-0.25, -0.2) is 0 Å². The summed E-state index contributed by atoms with van der Waals surface area (Å²) < 4.78 is 12.7. The van der Waals surface area contributed by atoms with Crippen LogP contribution in [0.25, 0.3) is 11.3 Å². The van der Waals surface area contributed by atoms with E-state index in [4.69, 9.17) is 9.47 Å². The van der Waals surface area contributed by atoms with E-state index in [-0.39, 0.29) is 6.79 Å². The molecule has 1 aliphatic heterocycles. The van der Waals surface area contributed by atoms with E-state index in [1.54, 1.807) is 0 Å². The molecule has 6 heteroatoms. The van der Waals surface area contributed by atoms with Gasteiger partial charge in [-0.15, -0.1) is 0 Å². The molecule has 2 heterocycles. The molecule has 0 amide bonds. The molecule has 0 radical (unpaired) electrons. The largest absolute Gasteiger partial charge is 0.454 e. The number of hydrogen-bond donors (Lipinski definition) is 1. The Morgan fingerprint density at radius 2 is 2.09 bits per heavy atom. The third-order valence-corrected chi connectivity index (χ3v) is 4.30. The lowest BCUT2D eigenvalue weighted by molar-refractivity contribution is 0.174. The van der Waals surface area contributed by atoms with Gasteiger partial charge in [-0.05, 0) is 37.0 Å². The Morgan fingerprint density at radius 3 is 2.91 bits per heavy atom. The smallest absolute Gasteiger partial charge is 0.231 e. The summed E-state index contributed by atoms with van der Waals surface area (Å²) in [7, 11) is 1.93. The monoisotopic (exact) mass is 299 g/mol. The summed E-state index contributed by atoms with van der Waals surface area (Å²) in [4.78, 5) is 0. The molecule has 1 atom stereocenters. The first kappa shape index (κ1) is 13.2. The Labute approximate surface area is 128 Å². The number of aromatic nitrogens is 2. The maximum absolute atomic E-state index is 9.40. The van der Waals surface area contributed by atoms with Gasteiger partial charge in [0.25, 0.3) is 0 Å². The third kappa shape index (κ3) is 1.87. The standard InChI is InChI=1S/C16H17N3O3/c1-9-5-11(18-20)15-12(6-9)19(2)17-16(15)10-3-4-13-14(7-10)22-8-21-13/h3-4,7,9,20H,5-6,8H2,1-2H3/b18-11+/t9-/m0/s1. The summed E-state index contributed by atoms with van der Waals surface area (Å²) >= 11 is 0. The summed E-state index contributed by atoms with van der Waals surface area (Å²) in [5.41, 5.74) is 4.53. The normalized spacial score (nSPS) is 21.2. The lowest BCUT2D eigenvalue weighted by Crippen LogP contribution is -2.20. The van der Waals surface area contributed by atoms with Crippen molar-refractivity contribution in [2.45, 2.75) is 19.8 Å². The zero-order valence-electron chi connectivity index (χ0n) is 12.5. The Morgan fingerprint density at radius 1 is 1.27 bits per heavy atom. The fourth-order valence-corrected chi connectivity index (χ4v) is 3.27. The number of benzene rings is 1. The maximum atomic E-state index is 9.40. The van der Waals surface area contributed by atoms with Crippen molar-refractivity contribution in [2.24, 2.45) is 18.1 Å². The Kier molecular flexibility index (Phi) is 2.85. The maximum Gasteiger partial charge on any atom is 0.231 e. The van der Waals surface area contributed by atoms with E-state index in [2.05, 4.69) is 17.2 Å². The number of fused-ring (bicyclic) bond motifs is 2. The summed E-state index contributed by atoms with van der Waals surface area (Å²) in [5.74, 6) is 1.92. The van der Waals surface area contributed by atoms with Gasteiger partial charge in [0.2, 0.25) is 6.79 Å². The molecule has 0 saturated heterocycles. The van der Waals surface area contributed by atoms with Crippen LogP contribution in [0.1, 0.15) is 24.6 Å². The highest BCUT2D eigenvalue weighted by atomic mass is 16.7. The van der Waals surface area contributed by atoms with Gasteiger partial charge >= 0.3 is 0 Å². The van der Waals surface area contributed by atoms with E-state index in [0.29, 0.717) is 11.6 Å². The summed E-state index contributed by atoms with van der Waals surface area (Å²) in [5, 5.41) is 17.6. The van der Waals surface area contributed by atoms with Gasteiger partial charge in [0.05, 0.1) is 5.71 Å². The van der Waals surface area contributed by atoms with E-state index in [9.17, 15) is 5.21 Å². The van der Waals surface area contributed by atoms with Crippen molar-refractivity contribution in [3.8, 4) is 22.8 Å². The van der Waals surface area contributed by atoms with Crippen LogP contribution in [0.2, 0.25) is 0 Å². The van der Waals surface area contributed by atoms with Crippen LogP contribution in [0.4, 0.5) is 0 Å². The average Bonchev–Trinajstić information content (AvgIpc) is 3.10. The van der Waals surface area contributed by atoms with Crippen LogP contribution in [0.15, 0.2) is 23.4 Å². The fraction of sp³-hybridized carbons (Fsp3) is 0.375. The molecule has 0 spiro atoms. The summed E-state index contributed by atoms with van der Waals surface area (Å²) in [6.07, 6.45) is 1.69. The van der Waals surface area contributed by atoms with E-state index in [0.717, 1.165) is 46.9 Å². The minimum Gasteiger partial charge on any atom is -0.454 e. The van der Waals surface area contributed by atoms with E-state index in [1.165, 1.54) is 0 Å². The molecule has 6 nitrogen and oxygen atoms in total. The number of nitrogens with zero attached hydrogens (tertiary/aromatic N) is 3. The van der Waals surface area contributed by atoms with Crippen molar-refractivity contribution in [2.75, 3.05) is 6.79 Å². The van der Waals surface area contributed by atoms with Gasteiger partial charge in [0.15, 0.2) is 11.5 Å². The topological polar surface area (TPSA) is 68.9 Å². The number of hydrogen-bond acceptors (Lipinski definition) is 5. The van der Waals surface area contributed by atoms with Gasteiger partial charge in [-0.1, -0.05) is 12.1 Å². The molecule has 0 saturated carbocycles. The fourth-order valence-electron chi connectivity index (χ4n) is 3.27. The molecule has 0 fully saturated rings. The van der Waals surface area contributed by atoms with Crippen molar-refractivity contribution in [3.05, 3.63) is 29.5 Å². The minimum atomic E-state index is 0.250. The number of rotatable bonds is 1. The molecule has 2 aromatic rings. The molecular weight excluding hydrogens is 282 g/mol. The number of ether oxygens (including phenoxy) is 2. The van der Waals surface area contributed by atoms with Crippen molar-refractivity contribution in [1.29, 1.82) is 0 Å². The van der Waals surface area contributed by atoms with E-state index >= 15 is 0 Å². The van der Waals surface area contributed by atoms with Gasteiger partial charge < -0.3 is 14.7 Å². The summed E-state index contributed by atoms with van der Waals surface area (Å²) in [6.45, 7) is 2.40. The van der Waals surface area contributed by atoms with Crippen molar-refractivity contribution >= 4 is 5.71 Å². The first-order chi connectivity index (χ1) is 10.7. The molecule has 4 rings (SSSR count).